The lowest BCUT2D eigenvalue weighted by Crippen LogP contribution is -2.04. The Morgan fingerprint density at radius 1 is 1.56 bits per heavy atom. The fourth-order valence-electron chi connectivity index (χ4n) is 0.492. The maximum atomic E-state index is 5.29. The van der Waals surface area contributed by atoms with E-state index in [1.807, 2.05) is 0 Å². The molecule has 1 nitrogen and oxygen atoms in total. The minimum Gasteiger partial charge on any atom is -0.380 e. The molecule has 0 aromatic rings. The number of rotatable bonds is 5. The zero-order valence-corrected chi connectivity index (χ0v) is 7.78. The summed E-state index contributed by atoms with van der Waals surface area (Å²) in [6.07, 6.45) is 2.40. The average Bonchev–Trinajstić information content (AvgIpc) is 1.80. The molecule has 0 unspecified atom stereocenters. The molecule has 0 aromatic heterocycles. The number of hydrogen-bond acceptors (Lipinski definition) is 1. The van der Waals surface area contributed by atoms with Crippen LogP contribution < -0.4 is 0 Å². The van der Waals surface area contributed by atoms with E-state index in [0.717, 1.165) is 13.2 Å². The van der Waals surface area contributed by atoms with Gasteiger partial charge in [-0.05, 0) is 6.42 Å². The lowest BCUT2D eigenvalue weighted by Gasteiger charge is -2.03. The number of alkyl halides is 1. The van der Waals surface area contributed by atoms with Gasteiger partial charge in [-0.15, -0.1) is 0 Å². The van der Waals surface area contributed by atoms with Crippen molar-refractivity contribution in [2.75, 3.05) is 13.2 Å². The third kappa shape index (κ3) is 8.44. The molecule has 1 atom stereocenters. The molecule has 0 rings (SSSR count). The van der Waals surface area contributed by atoms with E-state index in [1.54, 1.807) is 0 Å². The zero-order chi connectivity index (χ0) is 7.11. The van der Waals surface area contributed by atoms with Gasteiger partial charge in [0.1, 0.15) is 0 Å². The van der Waals surface area contributed by atoms with E-state index in [4.69, 9.17) is 4.74 Å². The van der Waals surface area contributed by atoms with E-state index < -0.39 is 0 Å². The van der Waals surface area contributed by atoms with Crippen LogP contribution in [0.2, 0.25) is 0 Å². The molecule has 0 aliphatic heterocycles. The minimum atomic E-state index is 0.495. The van der Waals surface area contributed by atoms with Crippen LogP contribution in [0.5, 0.6) is 0 Å². The quantitative estimate of drug-likeness (QED) is 0.484. The van der Waals surface area contributed by atoms with Gasteiger partial charge >= 0.3 is 0 Å². The average molecular weight is 195 g/mol. The highest BCUT2D eigenvalue weighted by molar-refractivity contribution is 9.09. The van der Waals surface area contributed by atoms with Gasteiger partial charge in [-0.25, -0.2) is 0 Å². The second-order valence-corrected chi connectivity index (χ2v) is 3.77. The summed E-state index contributed by atoms with van der Waals surface area (Å²) in [4.78, 5) is 0.495. The van der Waals surface area contributed by atoms with Crippen molar-refractivity contribution in [3.05, 3.63) is 0 Å². The Labute approximate surface area is 65.9 Å². The summed E-state index contributed by atoms with van der Waals surface area (Å²) in [5, 5.41) is 0. The summed E-state index contributed by atoms with van der Waals surface area (Å²) in [6.45, 7) is 6.00. The normalized spacial score (nSPS) is 13.7. The number of hydrogen-bond donors (Lipinski definition) is 0. The Morgan fingerprint density at radius 3 is 2.67 bits per heavy atom. The first-order valence-electron chi connectivity index (χ1n) is 3.49. The standard InChI is InChI=1S/C7H15BrO/c1-3-4-5-9-6-7(2)8/h7H,3-6H2,1-2H3/t7-/m0/s1. The van der Waals surface area contributed by atoms with Gasteiger partial charge in [-0.1, -0.05) is 36.2 Å². The molecule has 0 aromatic carbocycles. The summed E-state index contributed by atoms with van der Waals surface area (Å²) in [6, 6.07) is 0. The van der Waals surface area contributed by atoms with Crippen LogP contribution in [0.25, 0.3) is 0 Å². The Balaban J connectivity index is 2.75. The summed E-state index contributed by atoms with van der Waals surface area (Å²) >= 11 is 3.40. The fraction of sp³-hybridized carbons (Fsp3) is 1.00. The molecular weight excluding hydrogens is 180 g/mol. The molecule has 2 heteroatoms. The van der Waals surface area contributed by atoms with Gasteiger partial charge in [-0.3, -0.25) is 0 Å². The third-order valence-electron chi connectivity index (χ3n) is 0.990. The number of ether oxygens (including phenoxy) is 1. The molecule has 0 aliphatic carbocycles. The Morgan fingerprint density at radius 2 is 2.22 bits per heavy atom. The van der Waals surface area contributed by atoms with Crippen molar-refractivity contribution in [3.63, 3.8) is 0 Å². The van der Waals surface area contributed by atoms with Crippen LogP contribution in [0, 0.1) is 0 Å². The lowest BCUT2D eigenvalue weighted by molar-refractivity contribution is 0.136. The van der Waals surface area contributed by atoms with Crippen molar-refractivity contribution >= 4 is 15.9 Å². The molecule has 0 radical (unpaired) electrons. The topological polar surface area (TPSA) is 9.23 Å². The van der Waals surface area contributed by atoms with Crippen molar-refractivity contribution in [3.8, 4) is 0 Å². The molecule has 0 aliphatic rings. The maximum Gasteiger partial charge on any atom is 0.0588 e. The first-order valence-corrected chi connectivity index (χ1v) is 4.40. The second kappa shape index (κ2) is 6.56. The first kappa shape index (κ1) is 9.44. The smallest absolute Gasteiger partial charge is 0.0588 e. The monoisotopic (exact) mass is 194 g/mol. The highest BCUT2D eigenvalue weighted by Crippen LogP contribution is 1.98. The summed E-state index contributed by atoms with van der Waals surface area (Å²) < 4.78 is 5.29. The highest BCUT2D eigenvalue weighted by Gasteiger charge is 1.92. The Hall–Kier alpha value is 0.440. The molecule has 0 amide bonds. The van der Waals surface area contributed by atoms with E-state index in [-0.39, 0.29) is 0 Å². The molecule has 0 saturated carbocycles. The SMILES string of the molecule is CCCCOC[C@H](C)Br. The maximum absolute atomic E-state index is 5.29. The first-order chi connectivity index (χ1) is 4.27. The molecule has 0 spiro atoms. The van der Waals surface area contributed by atoms with Crippen molar-refractivity contribution in [2.24, 2.45) is 0 Å². The van der Waals surface area contributed by atoms with Gasteiger partial charge < -0.3 is 4.74 Å². The molecular formula is C7H15BrO. The van der Waals surface area contributed by atoms with Crippen LogP contribution in [-0.2, 0) is 4.74 Å². The Kier molecular flexibility index (Phi) is 6.88. The van der Waals surface area contributed by atoms with E-state index in [9.17, 15) is 0 Å². The summed E-state index contributed by atoms with van der Waals surface area (Å²) in [7, 11) is 0. The van der Waals surface area contributed by atoms with Gasteiger partial charge in [0.05, 0.1) is 6.61 Å². The van der Waals surface area contributed by atoms with Crippen LogP contribution in [0.1, 0.15) is 26.7 Å². The molecule has 0 fully saturated rings. The van der Waals surface area contributed by atoms with Crippen LogP contribution >= 0.6 is 15.9 Å². The highest BCUT2D eigenvalue weighted by atomic mass is 79.9. The van der Waals surface area contributed by atoms with E-state index in [2.05, 4.69) is 29.8 Å². The van der Waals surface area contributed by atoms with Crippen LogP contribution in [0.3, 0.4) is 0 Å². The largest absolute Gasteiger partial charge is 0.380 e. The summed E-state index contributed by atoms with van der Waals surface area (Å²) in [5.74, 6) is 0. The number of unbranched alkanes of at least 4 members (excludes halogenated alkanes) is 1. The third-order valence-corrected chi connectivity index (χ3v) is 1.25. The molecule has 56 valence electrons. The minimum absolute atomic E-state index is 0.495. The van der Waals surface area contributed by atoms with Gasteiger partial charge in [-0.2, -0.15) is 0 Å². The van der Waals surface area contributed by atoms with Gasteiger partial charge in [0.15, 0.2) is 0 Å². The lowest BCUT2D eigenvalue weighted by atomic mass is 10.4. The van der Waals surface area contributed by atoms with Gasteiger partial charge in [0.2, 0.25) is 0 Å². The van der Waals surface area contributed by atoms with Crippen molar-refractivity contribution in [1.29, 1.82) is 0 Å². The molecule has 0 heterocycles. The predicted octanol–water partition coefficient (Wildman–Crippen LogP) is 2.59. The zero-order valence-electron chi connectivity index (χ0n) is 6.19. The van der Waals surface area contributed by atoms with E-state index in [1.165, 1.54) is 12.8 Å². The van der Waals surface area contributed by atoms with Crippen molar-refractivity contribution < 1.29 is 4.74 Å². The van der Waals surface area contributed by atoms with Crippen LogP contribution in [-0.4, -0.2) is 18.0 Å². The van der Waals surface area contributed by atoms with E-state index >= 15 is 0 Å². The fourth-order valence-corrected chi connectivity index (χ4v) is 0.679. The molecule has 0 saturated heterocycles. The second-order valence-electron chi connectivity index (χ2n) is 2.21. The van der Waals surface area contributed by atoms with Gasteiger partial charge in [0, 0.05) is 11.4 Å². The number of halogens is 1. The molecule has 0 N–H and O–H groups in total. The van der Waals surface area contributed by atoms with Gasteiger partial charge in [0.25, 0.3) is 0 Å². The van der Waals surface area contributed by atoms with E-state index in [0.29, 0.717) is 4.83 Å². The van der Waals surface area contributed by atoms with Crippen LogP contribution in [0.15, 0.2) is 0 Å². The van der Waals surface area contributed by atoms with Crippen molar-refractivity contribution in [2.45, 2.75) is 31.5 Å². The molecule has 9 heavy (non-hydrogen) atoms. The van der Waals surface area contributed by atoms with Crippen LogP contribution in [0.4, 0.5) is 0 Å². The summed E-state index contributed by atoms with van der Waals surface area (Å²) in [5.41, 5.74) is 0. The predicted molar refractivity (Wildman–Crippen MR) is 44.1 cm³/mol. The molecule has 0 bridgehead atoms. The Bertz CT molecular complexity index is 54.9. The van der Waals surface area contributed by atoms with Crippen molar-refractivity contribution in [1.82, 2.24) is 0 Å².